The van der Waals surface area contributed by atoms with Gasteiger partial charge in [-0.2, -0.15) is 0 Å². The maximum atomic E-state index is 13.5. The normalized spacial score (nSPS) is 22.4. The van der Waals surface area contributed by atoms with Crippen LogP contribution in [0.5, 0.6) is 0 Å². The van der Waals surface area contributed by atoms with Crippen molar-refractivity contribution in [2.45, 2.75) is 16.2 Å². The summed E-state index contributed by atoms with van der Waals surface area (Å²) in [6, 6.07) is 12.8. The Balaban J connectivity index is 1.60. The number of thioether (sulfide) groups is 1. The predicted molar refractivity (Wildman–Crippen MR) is 120 cm³/mol. The van der Waals surface area contributed by atoms with Crippen molar-refractivity contribution in [1.29, 1.82) is 0 Å². The predicted octanol–water partition coefficient (Wildman–Crippen LogP) is 3.90. The minimum absolute atomic E-state index is 0.123. The Kier molecular flexibility index (Phi) is 4.83. The molecule has 1 N–H and O–H groups in total. The highest BCUT2D eigenvalue weighted by atomic mass is 79.9. The molecule has 0 saturated carbocycles. The highest BCUT2D eigenvalue weighted by molar-refractivity contribution is 9.10. The first kappa shape index (κ1) is 20.2. The number of non-ortho nitro benzene ring substituents is 1. The van der Waals surface area contributed by atoms with Crippen molar-refractivity contribution in [3.8, 4) is 0 Å². The van der Waals surface area contributed by atoms with Crippen LogP contribution < -0.4 is 9.77 Å². The zero-order valence-electron chi connectivity index (χ0n) is 15.5. The molecule has 0 bridgehead atoms. The van der Waals surface area contributed by atoms with Gasteiger partial charge in [0.15, 0.2) is 0 Å². The number of benzene rings is 2. The number of carbonyl (C=O) groups is 2. The lowest BCUT2D eigenvalue weighted by Crippen LogP contribution is -2.32. The van der Waals surface area contributed by atoms with Gasteiger partial charge in [-0.1, -0.05) is 51.2 Å². The van der Waals surface area contributed by atoms with E-state index in [2.05, 4.69) is 20.9 Å². The summed E-state index contributed by atoms with van der Waals surface area (Å²) in [5, 5.41) is 10.8. The molecule has 1 fully saturated rings. The minimum Gasteiger partial charge on any atom is -0.307 e. The second kappa shape index (κ2) is 7.43. The zero-order chi connectivity index (χ0) is 21.9. The first-order valence-electron chi connectivity index (χ1n) is 9.12. The molecular formula is C20H12BrN3O5S2. The van der Waals surface area contributed by atoms with Gasteiger partial charge >= 0.3 is 4.87 Å². The number of rotatable bonds is 3. The Bertz CT molecular complexity index is 1290. The molecule has 0 spiro atoms. The van der Waals surface area contributed by atoms with E-state index in [0.29, 0.717) is 10.7 Å². The van der Waals surface area contributed by atoms with Crippen molar-refractivity contribution in [2.75, 3.05) is 4.90 Å². The third-order valence-electron chi connectivity index (χ3n) is 5.37. The van der Waals surface area contributed by atoms with E-state index in [9.17, 15) is 24.5 Å². The van der Waals surface area contributed by atoms with E-state index in [4.69, 9.17) is 0 Å². The first-order valence-corrected chi connectivity index (χ1v) is 11.6. The monoisotopic (exact) mass is 517 g/mol. The Hall–Kier alpha value is -2.76. The molecule has 3 aromatic rings. The summed E-state index contributed by atoms with van der Waals surface area (Å²) in [5.41, 5.74) is 1.01. The summed E-state index contributed by atoms with van der Waals surface area (Å²) in [5.74, 6) is -1.91. The Morgan fingerprint density at radius 1 is 1.00 bits per heavy atom. The number of aromatic amines is 1. The number of nitrogens with one attached hydrogen (secondary N) is 1. The van der Waals surface area contributed by atoms with Crippen LogP contribution >= 0.6 is 39.0 Å². The van der Waals surface area contributed by atoms with Crippen LogP contribution in [0.4, 0.5) is 11.4 Å². The number of H-pyrrole nitrogens is 1. The Morgan fingerprint density at radius 3 is 2.32 bits per heavy atom. The SMILES string of the molecule is O=C1[C@H]2[C@H](c3ccc(Br)cc3)c3sc(=O)[nH]c3S[C@H]2C(=O)N1c1ccc([N+](=O)[O-])cc1. The van der Waals surface area contributed by atoms with Gasteiger partial charge in [0, 0.05) is 27.4 Å². The fourth-order valence-electron chi connectivity index (χ4n) is 4.02. The number of hydrogen-bond donors (Lipinski definition) is 1. The molecule has 8 nitrogen and oxygen atoms in total. The van der Waals surface area contributed by atoms with Crippen LogP contribution in [0.2, 0.25) is 0 Å². The van der Waals surface area contributed by atoms with Crippen LogP contribution in [-0.2, 0) is 9.59 Å². The largest absolute Gasteiger partial charge is 0.307 e. The second-order valence-electron chi connectivity index (χ2n) is 7.09. The van der Waals surface area contributed by atoms with Gasteiger partial charge < -0.3 is 4.98 Å². The van der Waals surface area contributed by atoms with Crippen molar-refractivity contribution < 1.29 is 14.5 Å². The van der Waals surface area contributed by atoms with E-state index in [1.807, 2.05) is 24.3 Å². The summed E-state index contributed by atoms with van der Waals surface area (Å²) in [6.07, 6.45) is 0. The van der Waals surface area contributed by atoms with Crippen LogP contribution in [-0.4, -0.2) is 27.0 Å². The number of aromatic nitrogens is 1. The third kappa shape index (κ3) is 3.24. The number of thiazole rings is 1. The summed E-state index contributed by atoms with van der Waals surface area (Å²) in [6.45, 7) is 0. The van der Waals surface area contributed by atoms with Crippen molar-refractivity contribution in [3.63, 3.8) is 0 Å². The molecule has 0 radical (unpaired) electrons. The molecule has 156 valence electrons. The number of halogens is 1. The lowest BCUT2D eigenvalue weighted by molar-refractivity contribution is -0.384. The number of imide groups is 1. The number of hydrogen-bond acceptors (Lipinski definition) is 7. The van der Waals surface area contributed by atoms with Crippen LogP contribution in [0.25, 0.3) is 0 Å². The number of carbonyl (C=O) groups excluding carboxylic acids is 2. The van der Waals surface area contributed by atoms with Gasteiger partial charge in [0.1, 0.15) is 5.25 Å². The van der Waals surface area contributed by atoms with Gasteiger partial charge in [-0.15, -0.1) is 0 Å². The van der Waals surface area contributed by atoms with Crippen LogP contribution in [0.15, 0.2) is 62.8 Å². The average Bonchev–Trinajstić information content (AvgIpc) is 3.23. The number of nitro benzene ring substituents is 1. The highest BCUT2D eigenvalue weighted by Crippen LogP contribution is 2.53. The summed E-state index contributed by atoms with van der Waals surface area (Å²) in [4.78, 5) is 53.6. The van der Waals surface area contributed by atoms with E-state index >= 15 is 0 Å². The van der Waals surface area contributed by atoms with E-state index in [0.717, 1.165) is 31.2 Å². The third-order valence-corrected chi connectivity index (χ3v) is 8.30. The summed E-state index contributed by atoms with van der Waals surface area (Å²) in [7, 11) is 0. The Morgan fingerprint density at radius 2 is 1.68 bits per heavy atom. The molecule has 2 amide bonds. The van der Waals surface area contributed by atoms with Gasteiger partial charge in [-0.3, -0.25) is 24.5 Å². The highest BCUT2D eigenvalue weighted by Gasteiger charge is 2.56. The lowest BCUT2D eigenvalue weighted by atomic mass is 9.83. The lowest BCUT2D eigenvalue weighted by Gasteiger charge is -2.29. The van der Waals surface area contributed by atoms with Crippen LogP contribution in [0.1, 0.15) is 16.4 Å². The van der Waals surface area contributed by atoms with Gasteiger partial charge in [0.2, 0.25) is 11.8 Å². The molecule has 0 unspecified atom stereocenters. The summed E-state index contributed by atoms with van der Waals surface area (Å²) >= 11 is 5.65. The number of nitro groups is 1. The van der Waals surface area contributed by atoms with Crippen molar-refractivity contribution >= 4 is 62.2 Å². The number of nitrogens with zero attached hydrogens (tertiary/aromatic N) is 2. The van der Waals surface area contributed by atoms with Gasteiger partial charge in [0.25, 0.3) is 5.69 Å². The van der Waals surface area contributed by atoms with E-state index in [-0.39, 0.29) is 16.5 Å². The fraction of sp³-hybridized carbons (Fsp3) is 0.150. The minimum atomic E-state index is -0.700. The maximum Gasteiger partial charge on any atom is 0.305 e. The molecule has 11 heteroatoms. The molecule has 3 atom stereocenters. The van der Waals surface area contributed by atoms with Crippen molar-refractivity contribution in [1.82, 2.24) is 4.98 Å². The number of amides is 2. The number of anilines is 1. The Labute approximate surface area is 191 Å². The van der Waals surface area contributed by atoms with Crippen LogP contribution in [0, 0.1) is 16.0 Å². The quantitative estimate of drug-likeness (QED) is 0.320. The molecule has 1 aromatic heterocycles. The first-order chi connectivity index (χ1) is 14.8. The average molecular weight is 518 g/mol. The van der Waals surface area contributed by atoms with Gasteiger partial charge in [0.05, 0.1) is 21.6 Å². The van der Waals surface area contributed by atoms with E-state index < -0.39 is 27.9 Å². The number of fused-ring (bicyclic) bond motifs is 2. The molecule has 31 heavy (non-hydrogen) atoms. The van der Waals surface area contributed by atoms with Gasteiger partial charge in [-0.25, -0.2) is 4.90 Å². The smallest absolute Gasteiger partial charge is 0.305 e. The van der Waals surface area contributed by atoms with Crippen LogP contribution in [0.3, 0.4) is 0 Å². The van der Waals surface area contributed by atoms with E-state index in [1.54, 1.807) is 0 Å². The fourth-order valence-corrected chi connectivity index (χ4v) is 6.80. The second-order valence-corrected chi connectivity index (χ2v) is 10.2. The molecule has 2 aliphatic rings. The zero-order valence-corrected chi connectivity index (χ0v) is 18.7. The van der Waals surface area contributed by atoms with E-state index in [1.165, 1.54) is 36.0 Å². The summed E-state index contributed by atoms with van der Waals surface area (Å²) < 4.78 is 0.877. The molecular weight excluding hydrogens is 506 g/mol. The van der Waals surface area contributed by atoms with Gasteiger partial charge in [-0.05, 0) is 29.8 Å². The molecule has 2 aromatic carbocycles. The molecule has 0 aliphatic carbocycles. The molecule has 5 rings (SSSR count). The molecule has 1 saturated heterocycles. The topological polar surface area (TPSA) is 113 Å². The maximum absolute atomic E-state index is 13.5. The molecule has 3 heterocycles. The van der Waals surface area contributed by atoms with Crippen molar-refractivity contribution in [2.24, 2.45) is 5.92 Å². The van der Waals surface area contributed by atoms with Crippen molar-refractivity contribution in [3.05, 3.63) is 83.2 Å². The molecule has 2 aliphatic heterocycles. The standard InChI is InChI=1S/C20H12BrN3O5S2/c21-10-3-1-9(2-4-10)13-14-16(30-17-15(13)31-20(27)22-17)19(26)23(18(14)25)11-5-7-12(8-6-11)24(28)29/h1-8,13-14,16H,(H,22,27)/t13-,14-,16+/m0/s1.